The smallest absolute Gasteiger partial charge is 0.0604 e. The molecule has 0 aromatic carbocycles. The first-order chi connectivity index (χ1) is 3.92. The molecule has 2 saturated carbocycles. The molecule has 0 aromatic heterocycles. The van der Waals surface area contributed by atoms with Crippen molar-refractivity contribution >= 4 is 5.71 Å². The zero-order valence-electron chi connectivity index (χ0n) is 4.67. The van der Waals surface area contributed by atoms with Crippen LogP contribution in [0.1, 0.15) is 19.3 Å². The molecule has 2 heteroatoms. The highest BCUT2D eigenvalue weighted by molar-refractivity contribution is 5.91. The second-order valence-corrected chi connectivity index (χ2v) is 2.73. The Morgan fingerprint density at radius 2 is 2.50 bits per heavy atom. The van der Waals surface area contributed by atoms with Crippen LogP contribution in [0, 0.1) is 11.8 Å². The summed E-state index contributed by atoms with van der Waals surface area (Å²) >= 11 is 0. The Morgan fingerprint density at radius 3 is 2.75 bits per heavy atom. The average molecular weight is 111 g/mol. The molecule has 2 aliphatic rings. The summed E-state index contributed by atoms with van der Waals surface area (Å²) in [6.07, 6.45) is 3.61. The standard InChI is InChI=1S/C6H9NO/c8-7-6-2-1-4-3-5(4)6/h4-5,8H,1-3H2. The minimum atomic E-state index is 0.694. The zero-order chi connectivity index (χ0) is 5.56. The third kappa shape index (κ3) is 0.403. The molecule has 0 spiro atoms. The lowest BCUT2D eigenvalue weighted by Crippen LogP contribution is -1.93. The third-order valence-electron chi connectivity index (χ3n) is 2.25. The molecule has 0 heterocycles. The highest BCUT2D eigenvalue weighted by Crippen LogP contribution is 2.49. The van der Waals surface area contributed by atoms with Gasteiger partial charge in [-0.1, -0.05) is 5.16 Å². The molecule has 0 amide bonds. The predicted molar refractivity (Wildman–Crippen MR) is 30.1 cm³/mol. The van der Waals surface area contributed by atoms with Gasteiger partial charge in [-0.25, -0.2) is 0 Å². The molecule has 2 nitrogen and oxygen atoms in total. The van der Waals surface area contributed by atoms with Gasteiger partial charge in [0, 0.05) is 5.92 Å². The number of nitrogens with zero attached hydrogens (tertiary/aromatic N) is 1. The quantitative estimate of drug-likeness (QED) is 0.370. The lowest BCUT2D eigenvalue weighted by molar-refractivity contribution is 0.316. The van der Waals surface area contributed by atoms with Gasteiger partial charge in [0.1, 0.15) is 0 Å². The first kappa shape index (κ1) is 4.36. The van der Waals surface area contributed by atoms with E-state index in [1.165, 1.54) is 12.8 Å². The monoisotopic (exact) mass is 111 g/mol. The van der Waals surface area contributed by atoms with Crippen molar-refractivity contribution in [2.75, 3.05) is 0 Å². The van der Waals surface area contributed by atoms with Gasteiger partial charge in [-0.15, -0.1) is 0 Å². The molecular weight excluding hydrogens is 102 g/mol. The fourth-order valence-electron chi connectivity index (χ4n) is 1.62. The zero-order valence-corrected chi connectivity index (χ0v) is 4.67. The van der Waals surface area contributed by atoms with E-state index in [4.69, 9.17) is 5.21 Å². The molecule has 2 unspecified atom stereocenters. The highest BCUT2D eigenvalue weighted by Gasteiger charge is 2.46. The van der Waals surface area contributed by atoms with Crippen LogP contribution in [0.4, 0.5) is 0 Å². The molecule has 2 fully saturated rings. The van der Waals surface area contributed by atoms with Crippen molar-refractivity contribution in [3.8, 4) is 0 Å². The van der Waals surface area contributed by atoms with E-state index in [1.54, 1.807) is 0 Å². The Morgan fingerprint density at radius 1 is 1.62 bits per heavy atom. The van der Waals surface area contributed by atoms with Gasteiger partial charge >= 0.3 is 0 Å². The maximum atomic E-state index is 8.35. The molecule has 0 saturated heterocycles. The molecule has 2 rings (SSSR count). The van der Waals surface area contributed by atoms with Crippen LogP contribution in [0.2, 0.25) is 0 Å². The minimum absolute atomic E-state index is 0.694. The Bertz CT molecular complexity index is 141. The summed E-state index contributed by atoms with van der Waals surface area (Å²) in [4.78, 5) is 0. The summed E-state index contributed by atoms with van der Waals surface area (Å²) in [7, 11) is 0. The van der Waals surface area contributed by atoms with Crippen LogP contribution in [0.5, 0.6) is 0 Å². The van der Waals surface area contributed by atoms with E-state index < -0.39 is 0 Å². The van der Waals surface area contributed by atoms with Gasteiger partial charge in [0.15, 0.2) is 0 Å². The number of rotatable bonds is 0. The van der Waals surface area contributed by atoms with Crippen molar-refractivity contribution in [1.29, 1.82) is 0 Å². The van der Waals surface area contributed by atoms with Gasteiger partial charge in [-0.05, 0) is 25.2 Å². The Hall–Kier alpha value is -0.530. The molecule has 0 aromatic rings. The van der Waals surface area contributed by atoms with Gasteiger partial charge in [-0.2, -0.15) is 0 Å². The number of hydrogen-bond acceptors (Lipinski definition) is 2. The van der Waals surface area contributed by atoms with E-state index in [0.717, 1.165) is 18.1 Å². The number of oxime groups is 1. The molecule has 0 bridgehead atoms. The fraction of sp³-hybridized carbons (Fsp3) is 0.833. The Labute approximate surface area is 48.2 Å². The topological polar surface area (TPSA) is 32.6 Å². The van der Waals surface area contributed by atoms with Crippen LogP contribution >= 0.6 is 0 Å². The molecule has 0 aliphatic heterocycles. The minimum Gasteiger partial charge on any atom is -0.411 e. The average Bonchev–Trinajstić information content (AvgIpc) is 2.46. The van der Waals surface area contributed by atoms with Crippen molar-refractivity contribution in [2.24, 2.45) is 17.0 Å². The number of hydrogen-bond donors (Lipinski definition) is 1. The Kier molecular flexibility index (Phi) is 0.678. The van der Waals surface area contributed by atoms with Gasteiger partial charge in [0.05, 0.1) is 5.71 Å². The predicted octanol–water partition coefficient (Wildman–Crippen LogP) is 1.25. The summed E-state index contributed by atoms with van der Waals surface area (Å²) in [5, 5.41) is 11.6. The van der Waals surface area contributed by atoms with E-state index in [0.29, 0.717) is 5.92 Å². The number of fused-ring (bicyclic) bond motifs is 1. The molecular formula is C6H9NO. The van der Waals surface area contributed by atoms with Crippen molar-refractivity contribution in [2.45, 2.75) is 19.3 Å². The summed E-state index contributed by atoms with van der Waals surface area (Å²) in [5.74, 6) is 1.60. The fourth-order valence-corrected chi connectivity index (χ4v) is 1.62. The van der Waals surface area contributed by atoms with Crippen molar-refractivity contribution in [3.63, 3.8) is 0 Å². The Balaban J connectivity index is 2.17. The summed E-state index contributed by atoms with van der Waals surface area (Å²) < 4.78 is 0. The maximum Gasteiger partial charge on any atom is 0.0604 e. The van der Waals surface area contributed by atoms with Crippen LogP contribution in [-0.2, 0) is 0 Å². The van der Waals surface area contributed by atoms with Crippen molar-refractivity contribution < 1.29 is 5.21 Å². The molecule has 1 N–H and O–H groups in total. The molecule has 8 heavy (non-hydrogen) atoms. The molecule has 44 valence electrons. The first-order valence-electron chi connectivity index (χ1n) is 3.12. The third-order valence-corrected chi connectivity index (χ3v) is 2.25. The van der Waals surface area contributed by atoms with Gasteiger partial charge in [-0.3, -0.25) is 0 Å². The second-order valence-electron chi connectivity index (χ2n) is 2.73. The van der Waals surface area contributed by atoms with E-state index in [9.17, 15) is 0 Å². The molecule has 2 atom stereocenters. The lowest BCUT2D eigenvalue weighted by Gasteiger charge is -1.89. The second kappa shape index (κ2) is 1.24. The summed E-state index contributed by atoms with van der Waals surface area (Å²) in [6.45, 7) is 0. The van der Waals surface area contributed by atoms with Crippen LogP contribution in [-0.4, -0.2) is 10.9 Å². The van der Waals surface area contributed by atoms with E-state index in [2.05, 4.69) is 5.16 Å². The van der Waals surface area contributed by atoms with E-state index >= 15 is 0 Å². The van der Waals surface area contributed by atoms with Crippen molar-refractivity contribution in [1.82, 2.24) is 0 Å². The van der Waals surface area contributed by atoms with Gasteiger partial charge < -0.3 is 5.21 Å². The maximum absolute atomic E-state index is 8.35. The largest absolute Gasteiger partial charge is 0.411 e. The van der Waals surface area contributed by atoms with Crippen LogP contribution in [0.3, 0.4) is 0 Å². The molecule has 2 aliphatic carbocycles. The summed E-state index contributed by atoms with van der Waals surface area (Å²) in [6, 6.07) is 0. The van der Waals surface area contributed by atoms with Gasteiger partial charge in [0.2, 0.25) is 0 Å². The molecule has 0 radical (unpaired) electrons. The highest BCUT2D eigenvalue weighted by atomic mass is 16.4. The SMILES string of the molecule is ON=C1CCC2CC12. The van der Waals surface area contributed by atoms with Crippen LogP contribution < -0.4 is 0 Å². The van der Waals surface area contributed by atoms with E-state index in [1.807, 2.05) is 0 Å². The van der Waals surface area contributed by atoms with Crippen LogP contribution in [0.25, 0.3) is 0 Å². The summed E-state index contributed by atoms with van der Waals surface area (Å²) in [5.41, 5.74) is 1.05. The van der Waals surface area contributed by atoms with E-state index in [-0.39, 0.29) is 0 Å². The van der Waals surface area contributed by atoms with Crippen LogP contribution in [0.15, 0.2) is 5.16 Å². The van der Waals surface area contributed by atoms with Gasteiger partial charge in [0.25, 0.3) is 0 Å². The van der Waals surface area contributed by atoms with Crippen molar-refractivity contribution in [3.05, 3.63) is 0 Å². The lowest BCUT2D eigenvalue weighted by atomic mass is 10.2. The normalized spacial score (nSPS) is 47.2. The first-order valence-corrected chi connectivity index (χ1v) is 3.12.